The number of nitrogens with zero attached hydrogens (tertiary/aromatic N) is 2. The lowest BCUT2D eigenvalue weighted by molar-refractivity contribution is -0.124. The smallest absolute Gasteiger partial charge is 0.269 e. The van der Waals surface area contributed by atoms with Gasteiger partial charge in [0.15, 0.2) is 0 Å². The monoisotopic (exact) mass is 473 g/mol. The number of amides is 3. The lowest BCUT2D eigenvalue weighted by atomic mass is 10.0. The quantitative estimate of drug-likeness (QED) is 0.608. The predicted octanol–water partition coefficient (Wildman–Crippen LogP) is 3.92. The Hall–Kier alpha value is -3.78. The van der Waals surface area contributed by atoms with E-state index in [1.165, 1.54) is 16.7 Å². The van der Waals surface area contributed by atoms with Gasteiger partial charge in [0.05, 0.1) is 18.6 Å². The van der Waals surface area contributed by atoms with E-state index >= 15 is 0 Å². The van der Waals surface area contributed by atoms with Crippen LogP contribution in [0.2, 0.25) is 0 Å². The van der Waals surface area contributed by atoms with Gasteiger partial charge in [-0.15, -0.1) is 11.8 Å². The Morgan fingerprint density at radius 2 is 1.74 bits per heavy atom. The van der Waals surface area contributed by atoms with Crippen molar-refractivity contribution in [2.45, 2.75) is 11.8 Å². The van der Waals surface area contributed by atoms with Crippen molar-refractivity contribution in [3.8, 4) is 5.75 Å². The minimum atomic E-state index is -1.26. The number of rotatable bonds is 5. The van der Waals surface area contributed by atoms with Crippen molar-refractivity contribution in [3.63, 3.8) is 0 Å². The molecule has 0 radical (unpaired) electrons. The van der Waals surface area contributed by atoms with E-state index in [9.17, 15) is 14.4 Å². The number of ether oxygens (including phenoxy) is 1. The van der Waals surface area contributed by atoms with Crippen molar-refractivity contribution in [2.75, 3.05) is 34.5 Å². The fourth-order valence-electron chi connectivity index (χ4n) is 4.42. The number of thioether (sulfide) groups is 1. The van der Waals surface area contributed by atoms with Crippen molar-refractivity contribution in [1.29, 1.82) is 0 Å². The molecule has 3 amide bonds. The average molecular weight is 474 g/mol. The number of para-hydroxylation sites is 1. The molecule has 34 heavy (non-hydrogen) atoms. The number of hydrogen-bond donors (Lipinski definition) is 1. The number of carbonyl (C=O) groups excluding carboxylic acids is 3. The molecule has 8 heteroatoms. The molecule has 1 N–H and O–H groups in total. The molecule has 1 spiro atoms. The average Bonchev–Trinajstić information content (AvgIpc) is 3.31. The number of carbonyl (C=O) groups is 3. The van der Waals surface area contributed by atoms with E-state index in [4.69, 9.17) is 4.74 Å². The molecule has 5 rings (SSSR count). The van der Waals surface area contributed by atoms with Crippen molar-refractivity contribution in [3.05, 3.63) is 83.9 Å². The van der Waals surface area contributed by atoms with E-state index in [2.05, 4.69) is 5.32 Å². The summed E-state index contributed by atoms with van der Waals surface area (Å²) >= 11 is 1.28. The third-order valence-electron chi connectivity index (χ3n) is 6.03. The second kappa shape index (κ2) is 8.53. The summed E-state index contributed by atoms with van der Waals surface area (Å²) in [6.07, 6.45) is 0. The molecule has 0 aromatic heterocycles. The number of anilines is 3. The van der Waals surface area contributed by atoms with Gasteiger partial charge >= 0.3 is 0 Å². The van der Waals surface area contributed by atoms with Gasteiger partial charge in [0.1, 0.15) is 12.3 Å². The highest BCUT2D eigenvalue weighted by Gasteiger charge is 2.61. The lowest BCUT2D eigenvalue weighted by Crippen LogP contribution is -2.50. The Kier molecular flexibility index (Phi) is 5.53. The summed E-state index contributed by atoms with van der Waals surface area (Å²) in [7, 11) is 1.57. The van der Waals surface area contributed by atoms with Gasteiger partial charge in [-0.05, 0) is 49.4 Å². The van der Waals surface area contributed by atoms with E-state index < -0.39 is 4.87 Å². The van der Waals surface area contributed by atoms with Gasteiger partial charge in [0.25, 0.3) is 5.91 Å². The first-order chi connectivity index (χ1) is 16.4. The normalized spacial score (nSPS) is 19.0. The van der Waals surface area contributed by atoms with Crippen LogP contribution in [0, 0.1) is 6.92 Å². The van der Waals surface area contributed by atoms with Crippen LogP contribution in [-0.2, 0) is 19.3 Å². The molecule has 2 aliphatic rings. The molecule has 1 saturated heterocycles. The van der Waals surface area contributed by atoms with Gasteiger partial charge < -0.3 is 10.1 Å². The van der Waals surface area contributed by atoms with Crippen molar-refractivity contribution < 1.29 is 19.1 Å². The number of methoxy groups -OCH3 is 1. The zero-order chi connectivity index (χ0) is 23.9. The van der Waals surface area contributed by atoms with Gasteiger partial charge in [-0.3, -0.25) is 24.2 Å². The van der Waals surface area contributed by atoms with Crippen LogP contribution in [0.5, 0.6) is 5.75 Å². The van der Waals surface area contributed by atoms with Crippen LogP contribution in [0.15, 0.2) is 72.8 Å². The molecule has 3 aromatic carbocycles. The largest absolute Gasteiger partial charge is 0.497 e. The Bertz CT molecular complexity index is 1280. The highest BCUT2D eigenvalue weighted by atomic mass is 32.2. The van der Waals surface area contributed by atoms with Gasteiger partial charge in [-0.2, -0.15) is 0 Å². The molecular weight excluding hydrogens is 450 g/mol. The molecule has 1 unspecified atom stereocenters. The van der Waals surface area contributed by atoms with Crippen molar-refractivity contribution in [1.82, 2.24) is 0 Å². The van der Waals surface area contributed by atoms with Gasteiger partial charge in [0.2, 0.25) is 16.7 Å². The number of aryl methyl sites for hydroxylation is 1. The first kappa shape index (κ1) is 22.0. The Morgan fingerprint density at radius 1 is 1.03 bits per heavy atom. The minimum Gasteiger partial charge on any atom is -0.497 e. The van der Waals surface area contributed by atoms with Crippen molar-refractivity contribution >= 4 is 46.5 Å². The predicted molar refractivity (Wildman–Crippen MR) is 133 cm³/mol. The molecule has 1 fully saturated rings. The lowest BCUT2D eigenvalue weighted by Gasteiger charge is -2.33. The molecule has 1 atom stereocenters. The maximum Gasteiger partial charge on any atom is 0.269 e. The summed E-state index contributed by atoms with van der Waals surface area (Å²) in [4.78, 5) is 41.7. The van der Waals surface area contributed by atoms with Gasteiger partial charge in [-0.1, -0.05) is 35.9 Å². The van der Waals surface area contributed by atoms with E-state index in [1.54, 1.807) is 36.3 Å². The molecule has 7 nitrogen and oxygen atoms in total. The van der Waals surface area contributed by atoms with E-state index in [0.717, 1.165) is 5.56 Å². The minimum absolute atomic E-state index is 0.156. The summed E-state index contributed by atoms with van der Waals surface area (Å²) < 4.78 is 5.24. The standard InChI is InChI=1S/C26H23N3O4S/c1-17-7-9-18(10-8-17)27-23(30)15-28-22-6-4-3-5-21(22)26(25(28)32)29(24(31)16-34-26)19-11-13-20(33-2)14-12-19/h3-14H,15-16H2,1-2H3,(H,27,30). The number of fused-ring (bicyclic) bond motifs is 2. The van der Waals surface area contributed by atoms with Crippen LogP contribution in [-0.4, -0.2) is 37.1 Å². The maximum absolute atomic E-state index is 14.0. The number of hydrogen-bond acceptors (Lipinski definition) is 5. The topological polar surface area (TPSA) is 79.0 Å². The molecule has 3 aromatic rings. The molecule has 0 saturated carbocycles. The fraction of sp³-hybridized carbons (Fsp3) is 0.192. The van der Waals surface area contributed by atoms with Crippen LogP contribution in [0.4, 0.5) is 17.1 Å². The van der Waals surface area contributed by atoms with Gasteiger partial charge in [0, 0.05) is 16.9 Å². The van der Waals surface area contributed by atoms with Gasteiger partial charge in [-0.25, -0.2) is 0 Å². The zero-order valence-electron chi connectivity index (χ0n) is 18.8. The Labute approximate surface area is 201 Å². The fourth-order valence-corrected chi connectivity index (χ4v) is 5.78. The molecular formula is C26H23N3O4S. The highest BCUT2D eigenvalue weighted by Crippen LogP contribution is 2.55. The van der Waals surface area contributed by atoms with Crippen LogP contribution in [0.1, 0.15) is 11.1 Å². The van der Waals surface area contributed by atoms with Crippen molar-refractivity contribution in [2.24, 2.45) is 0 Å². The van der Waals surface area contributed by atoms with Crippen LogP contribution < -0.4 is 19.9 Å². The van der Waals surface area contributed by atoms with Crippen LogP contribution >= 0.6 is 11.8 Å². The first-order valence-electron chi connectivity index (χ1n) is 10.8. The van der Waals surface area contributed by atoms with Crippen LogP contribution in [0.25, 0.3) is 0 Å². The Balaban J connectivity index is 1.50. The van der Waals surface area contributed by atoms with Crippen LogP contribution in [0.3, 0.4) is 0 Å². The third-order valence-corrected chi connectivity index (χ3v) is 7.42. The second-order valence-corrected chi connectivity index (χ2v) is 9.35. The molecule has 0 aliphatic carbocycles. The molecule has 2 aliphatic heterocycles. The van der Waals surface area contributed by atoms with E-state index in [-0.39, 0.29) is 30.0 Å². The summed E-state index contributed by atoms with van der Waals surface area (Å²) in [5.41, 5.74) is 3.69. The molecule has 2 heterocycles. The maximum atomic E-state index is 14.0. The van der Waals surface area contributed by atoms with E-state index in [1.807, 2.05) is 55.5 Å². The summed E-state index contributed by atoms with van der Waals surface area (Å²) in [5.74, 6) is 0.0397. The molecule has 0 bridgehead atoms. The SMILES string of the molecule is COc1ccc(N2C(=O)CSC23C(=O)N(CC(=O)Nc2ccc(C)cc2)c2ccccc23)cc1. The number of benzene rings is 3. The van der Waals surface area contributed by atoms with E-state index in [0.29, 0.717) is 28.4 Å². The highest BCUT2D eigenvalue weighted by molar-refractivity contribution is 8.02. The summed E-state index contributed by atoms with van der Waals surface area (Å²) in [6.45, 7) is 1.82. The third kappa shape index (κ3) is 3.51. The number of nitrogens with one attached hydrogen (secondary N) is 1. The first-order valence-corrected chi connectivity index (χ1v) is 11.8. The zero-order valence-corrected chi connectivity index (χ0v) is 19.6. The summed E-state index contributed by atoms with van der Waals surface area (Å²) in [5, 5.41) is 2.86. The molecule has 172 valence electrons. The second-order valence-electron chi connectivity index (χ2n) is 8.18. The summed E-state index contributed by atoms with van der Waals surface area (Å²) in [6, 6.07) is 21.9. The Morgan fingerprint density at radius 3 is 2.44 bits per heavy atom.